The first-order valence-corrected chi connectivity index (χ1v) is 6.18. The van der Waals surface area contributed by atoms with E-state index in [-0.39, 0.29) is 5.91 Å². The molecule has 1 saturated heterocycles. The van der Waals surface area contributed by atoms with Crippen molar-refractivity contribution in [2.24, 2.45) is 5.92 Å². The van der Waals surface area contributed by atoms with Crippen molar-refractivity contribution in [3.63, 3.8) is 0 Å². The van der Waals surface area contributed by atoms with Crippen LogP contribution >= 0.6 is 0 Å². The molecule has 3 nitrogen and oxygen atoms in total. The van der Waals surface area contributed by atoms with Crippen LogP contribution in [0.1, 0.15) is 46.0 Å². The molecule has 1 aliphatic heterocycles. The van der Waals surface area contributed by atoms with Gasteiger partial charge in [-0.25, -0.2) is 0 Å². The van der Waals surface area contributed by atoms with E-state index in [0.717, 1.165) is 19.5 Å². The number of amides is 1. The lowest BCUT2D eigenvalue weighted by atomic mass is 10.0. The Morgan fingerprint density at radius 3 is 2.87 bits per heavy atom. The van der Waals surface area contributed by atoms with Crippen molar-refractivity contribution in [3.05, 3.63) is 0 Å². The van der Waals surface area contributed by atoms with Crippen LogP contribution in [0.2, 0.25) is 0 Å². The van der Waals surface area contributed by atoms with E-state index in [2.05, 4.69) is 24.5 Å². The fraction of sp³-hybridized carbons (Fsp3) is 0.917. The van der Waals surface area contributed by atoms with Crippen molar-refractivity contribution in [2.45, 2.75) is 52.0 Å². The fourth-order valence-electron chi connectivity index (χ4n) is 1.84. The highest BCUT2D eigenvalue weighted by Gasteiger charge is 2.13. The minimum absolute atomic E-state index is 0.205. The standard InChI is InChI=1S/C12H24N2O/c1-10(2)6-7-12(15)14-9-11-5-3-4-8-13-11/h10-11,13H,3-9H2,1-2H3,(H,14,15). The van der Waals surface area contributed by atoms with Crippen LogP contribution in [-0.4, -0.2) is 25.0 Å². The Morgan fingerprint density at radius 2 is 2.27 bits per heavy atom. The minimum Gasteiger partial charge on any atom is -0.355 e. The third-order valence-corrected chi connectivity index (χ3v) is 2.91. The van der Waals surface area contributed by atoms with Gasteiger partial charge in [-0.3, -0.25) is 4.79 Å². The molecule has 1 rings (SSSR count). The van der Waals surface area contributed by atoms with E-state index in [1.165, 1.54) is 19.3 Å². The number of piperidine rings is 1. The fourth-order valence-corrected chi connectivity index (χ4v) is 1.84. The lowest BCUT2D eigenvalue weighted by Gasteiger charge is -2.23. The topological polar surface area (TPSA) is 41.1 Å². The summed E-state index contributed by atoms with van der Waals surface area (Å²) >= 11 is 0. The zero-order valence-corrected chi connectivity index (χ0v) is 10.0. The molecule has 0 bridgehead atoms. The van der Waals surface area contributed by atoms with Crippen molar-refractivity contribution < 1.29 is 4.79 Å². The molecule has 1 fully saturated rings. The molecule has 2 N–H and O–H groups in total. The summed E-state index contributed by atoms with van der Waals surface area (Å²) < 4.78 is 0. The first kappa shape index (κ1) is 12.5. The van der Waals surface area contributed by atoms with Crippen LogP contribution in [-0.2, 0) is 4.79 Å². The molecule has 15 heavy (non-hydrogen) atoms. The Bertz CT molecular complexity index is 186. The number of carbonyl (C=O) groups is 1. The maximum atomic E-state index is 11.5. The largest absolute Gasteiger partial charge is 0.355 e. The van der Waals surface area contributed by atoms with Gasteiger partial charge in [-0.05, 0) is 31.7 Å². The summed E-state index contributed by atoms with van der Waals surface area (Å²) in [7, 11) is 0. The van der Waals surface area contributed by atoms with E-state index in [1.807, 2.05) is 0 Å². The minimum atomic E-state index is 0.205. The molecule has 0 aliphatic carbocycles. The van der Waals surface area contributed by atoms with E-state index < -0.39 is 0 Å². The lowest BCUT2D eigenvalue weighted by molar-refractivity contribution is -0.121. The molecule has 0 aromatic rings. The molecule has 1 atom stereocenters. The molecule has 1 amide bonds. The van der Waals surface area contributed by atoms with Crippen LogP contribution in [0.25, 0.3) is 0 Å². The monoisotopic (exact) mass is 212 g/mol. The van der Waals surface area contributed by atoms with Gasteiger partial charge in [0, 0.05) is 19.0 Å². The number of carbonyl (C=O) groups excluding carboxylic acids is 1. The van der Waals surface area contributed by atoms with Crippen molar-refractivity contribution >= 4 is 5.91 Å². The molecule has 0 aromatic heterocycles. The van der Waals surface area contributed by atoms with E-state index in [4.69, 9.17) is 0 Å². The zero-order valence-electron chi connectivity index (χ0n) is 10.0. The molecule has 3 heteroatoms. The van der Waals surface area contributed by atoms with E-state index in [0.29, 0.717) is 18.4 Å². The first-order chi connectivity index (χ1) is 7.18. The van der Waals surface area contributed by atoms with E-state index in [9.17, 15) is 4.79 Å². The predicted molar refractivity (Wildman–Crippen MR) is 62.7 cm³/mol. The van der Waals surface area contributed by atoms with Crippen molar-refractivity contribution in [2.75, 3.05) is 13.1 Å². The molecule has 0 saturated carbocycles. The molecule has 0 spiro atoms. The quantitative estimate of drug-likeness (QED) is 0.728. The molecule has 1 heterocycles. The Balaban J connectivity index is 2.05. The van der Waals surface area contributed by atoms with Crippen LogP contribution in [0.4, 0.5) is 0 Å². The summed E-state index contributed by atoms with van der Waals surface area (Å²) in [6, 6.07) is 0.502. The Hall–Kier alpha value is -0.570. The maximum Gasteiger partial charge on any atom is 0.220 e. The average molecular weight is 212 g/mol. The number of nitrogens with one attached hydrogen (secondary N) is 2. The number of rotatable bonds is 5. The summed E-state index contributed by atoms with van der Waals surface area (Å²) in [5, 5.41) is 6.43. The van der Waals surface area contributed by atoms with Crippen molar-refractivity contribution in [3.8, 4) is 0 Å². The van der Waals surface area contributed by atoms with Crippen LogP contribution < -0.4 is 10.6 Å². The highest BCUT2D eigenvalue weighted by atomic mass is 16.1. The Kier molecular flexibility index (Phi) is 5.69. The molecule has 0 aromatic carbocycles. The summed E-state index contributed by atoms with van der Waals surface area (Å²) in [5.41, 5.74) is 0. The summed E-state index contributed by atoms with van der Waals surface area (Å²) in [6.45, 7) is 6.20. The lowest BCUT2D eigenvalue weighted by Crippen LogP contribution is -2.43. The summed E-state index contributed by atoms with van der Waals surface area (Å²) in [4.78, 5) is 11.5. The first-order valence-electron chi connectivity index (χ1n) is 6.18. The number of hydrogen-bond acceptors (Lipinski definition) is 2. The third kappa shape index (κ3) is 5.78. The maximum absolute atomic E-state index is 11.5. The Morgan fingerprint density at radius 1 is 1.47 bits per heavy atom. The third-order valence-electron chi connectivity index (χ3n) is 2.91. The highest BCUT2D eigenvalue weighted by molar-refractivity contribution is 5.75. The smallest absolute Gasteiger partial charge is 0.220 e. The van der Waals surface area contributed by atoms with Crippen LogP contribution in [0.5, 0.6) is 0 Å². The van der Waals surface area contributed by atoms with Crippen LogP contribution in [0, 0.1) is 5.92 Å². The normalized spacial score (nSPS) is 21.7. The summed E-state index contributed by atoms with van der Waals surface area (Å²) in [5.74, 6) is 0.819. The SMILES string of the molecule is CC(C)CCC(=O)NCC1CCCCN1. The molecule has 88 valence electrons. The summed E-state index contributed by atoms with van der Waals surface area (Å²) in [6.07, 6.45) is 5.43. The molecule has 1 unspecified atom stereocenters. The van der Waals surface area contributed by atoms with Gasteiger partial charge in [0.25, 0.3) is 0 Å². The van der Waals surface area contributed by atoms with Gasteiger partial charge in [-0.1, -0.05) is 20.3 Å². The molecular formula is C12H24N2O. The van der Waals surface area contributed by atoms with Gasteiger partial charge in [0.2, 0.25) is 5.91 Å². The van der Waals surface area contributed by atoms with Gasteiger partial charge in [-0.15, -0.1) is 0 Å². The van der Waals surface area contributed by atoms with E-state index in [1.54, 1.807) is 0 Å². The van der Waals surface area contributed by atoms with Gasteiger partial charge in [0.15, 0.2) is 0 Å². The van der Waals surface area contributed by atoms with Gasteiger partial charge < -0.3 is 10.6 Å². The van der Waals surface area contributed by atoms with Crippen molar-refractivity contribution in [1.82, 2.24) is 10.6 Å². The highest BCUT2D eigenvalue weighted by Crippen LogP contribution is 2.06. The van der Waals surface area contributed by atoms with Gasteiger partial charge in [0.1, 0.15) is 0 Å². The van der Waals surface area contributed by atoms with Gasteiger partial charge >= 0.3 is 0 Å². The van der Waals surface area contributed by atoms with Crippen molar-refractivity contribution in [1.29, 1.82) is 0 Å². The second-order valence-corrected chi connectivity index (χ2v) is 4.88. The van der Waals surface area contributed by atoms with Crippen LogP contribution in [0.15, 0.2) is 0 Å². The predicted octanol–water partition coefficient (Wildman–Crippen LogP) is 1.68. The van der Waals surface area contributed by atoms with Gasteiger partial charge in [-0.2, -0.15) is 0 Å². The molecular weight excluding hydrogens is 188 g/mol. The second-order valence-electron chi connectivity index (χ2n) is 4.88. The zero-order chi connectivity index (χ0) is 11.1. The molecule has 0 radical (unpaired) electrons. The van der Waals surface area contributed by atoms with Crippen LogP contribution in [0.3, 0.4) is 0 Å². The second kappa shape index (κ2) is 6.83. The Labute approximate surface area is 93.0 Å². The molecule has 1 aliphatic rings. The number of hydrogen-bond donors (Lipinski definition) is 2. The average Bonchev–Trinajstić information content (AvgIpc) is 2.25. The van der Waals surface area contributed by atoms with Gasteiger partial charge in [0.05, 0.1) is 0 Å². The van der Waals surface area contributed by atoms with E-state index >= 15 is 0 Å².